The molecule has 3 saturated heterocycles. The molecule has 1 aliphatic carbocycles. The van der Waals surface area contributed by atoms with E-state index >= 15 is 0 Å². The molecule has 20 atom stereocenters. The van der Waals surface area contributed by atoms with E-state index in [1.54, 1.807) is 6.92 Å². The van der Waals surface area contributed by atoms with Gasteiger partial charge in [0.1, 0.15) is 85.5 Å². The molecule has 270 valence electrons. The van der Waals surface area contributed by atoms with Crippen LogP contribution < -0.4 is 0 Å². The summed E-state index contributed by atoms with van der Waals surface area (Å²) in [5.41, 5.74) is 0. The van der Waals surface area contributed by atoms with Gasteiger partial charge in [0.2, 0.25) is 0 Å². The summed E-state index contributed by atoms with van der Waals surface area (Å²) in [4.78, 5) is 0. The molecule has 19 nitrogen and oxygen atoms in total. The SMILES string of the molecule is CC[C@@H]1O[C@H](CO)[C@@H](O)[C@H](O[C@@H]2C[C@H](CO)[C@@H](O)[C@H](O)[C@H]2O)[C@H]1O[C@@H]1O[C@H](CO[C@@H]2O[C@H](CO)[C@@H](O)[C@H](O)[C@H]2O)[C@@H](O)[C@H](O)[C@H]1O. The van der Waals surface area contributed by atoms with E-state index in [4.69, 9.17) is 28.4 Å². The molecule has 0 amide bonds. The third kappa shape index (κ3) is 7.68. The molecular formula is C27H48O19. The third-order valence-electron chi connectivity index (χ3n) is 9.24. The normalized spacial score (nSPS) is 52.0. The van der Waals surface area contributed by atoms with Crippen LogP contribution in [0.1, 0.15) is 19.8 Å². The molecule has 0 radical (unpaired) electrons. The second kappa shape index (κ2) is 16.3. The van der Waals surface area contributed by atoms with E-state index in [-0.39, 0.29) is 12.8 Å². The predicted octanol–water partition coefficient (Wildman–Crippen LogP) is -7.62. The Morgan fingerprint density at radius 2 is 1.04 bits per heavy atom. The smallest absolute Gasteiger partial charge is 0.187 e. The van der Waals surface area contributed by atoms with Crippen LogP contribution in [0.2, 0.25) is 0 Å². The zero-order valence-corrected chi connectivity index (χ0v) is 25.1. The minimum absolute atomic E-state index is 0.141. The Balaban J connectivity index is 1.52. The molecule has 19 heteroatoms. The summed E-state index contributed by atoms with van der Waals surface area (Å²) in [7, 11) is 0. The summed E-state index contributed by atoms with van der Waals surface area (Å²) < 4.78 is 34.3. The van der Waals surface area contributed by atoms with Gasteiger partial charge in [-0.3, -0.25) is 0 Å². The van der Waals surface area contributed by atoms with Gasteiger partial charge in [-0.1, -0.05) is 6.92 Å². The topological polar surface area (TPSA) is 318 Å². The maximum Gasteiger partial charge on any atom is 0.187 e. The van der Waals surface area contributed by atoms with Gasteiger partial charge in [0, 0.05) is 12.5 Å². The highest BCUT2D eigenvalue weighted by molar-refractivity contribution is 5.00. The molecule has 0 bridgehead atoms. The summed E-state index contributed by atoms with van der Waals surface area (Å²) >= 11 is 0. The number of aliphatic hydroxyl groups is 13. The zero-order chi connectivity index (χ0) is 34.0. The Bertz CT molecular complexity index is 929. The molecule has 1 saturated carbocycles. The molecule has 0 aromatic carbocycles. The van der Waals surface area contributed by atoms with Crippen molar-refractivity contribution in [2.24, 2.45) is 5.92 Å². The molecule has 13 N–H and O–H groups in total. The van der Waals surface area contributed by atoms with Gasteiger partial charge in [-0.05, 0) is 12.8 Å². The highest BCUT2D eigenvalue weighted by Gasteiger charge is 2.54. The van der Waals surface area contributed by atoms with Crippen molar-refractivity contribution < 1.29 is 94.8 Å². The number of ether oxygens (including phenoxy) is 6. The quantitative estimate of drug-likeness (QED) is 0.0966. The van der Waals surface area contributed by atoms with Crippen LogP contribution in [0, 0.1) is 5.92 Å². The first-order chi connectivity index (χ1) is 21.8. The van der Waals surface area contributed by atoms with Crippen LogP contribution in [0.25, 0.3) is 0 Å². The van der Waals surface area contributed by atoms with Crippen LogP contribution in [0.15, 0.2) is 0 Å². The van der Waals surface area contributed by atoms with Crippen molar-refractivity contribution in [1.82, 2.24) is 0 Å². The maximum atomic E-state index is 11.1. The van der Waals surface area contributed by atoms with Gasteiger partial charge in [0.15, 0.2) is 12.6 Å². The minimum atomic E-state index is -1.89. The summed E-state index contributed by atoms with van der Waals surface area (Å²) in [5, 5.41) is 134. The van der Waals surface area contributed by atoms with Crippen LogP contribution >= 0.6 is 0 Å². The number of rotatable bonds is 11. The van der Waals surface area contributed by atoms with Gasteiger partial charge in [-0.2, -0.15) is 0 Å². The lowest BCUT2D eigenvalue weighted by Crippen LogP contribution is -2.66. The molecule has 4 rings (SSSR count). The fourth-order valence-electron chi connectivity index (χ4n) is 6.32. The van der Waals surface area contributed by atoms with Crippen molar-refractivity contribution in [3.8, 4) is 0 Å². The number of hydrogen-bond donors (Lipinski definition) is 13. The lowest BCUT2D eigenvalue weighted by atomic mass is 9.81. The molecule has 0 unspecified atom stereocenters. The van der Waals surface area contributed by atoms with Gasteiger partial charge in [-0.25, -0.2) is 0 Å². The number of hydrogen-bond acceptors (Lipinski definition) is 19. The van der Waals surface area contributed by atoms with Crippen LogP contribution in [0.3, 0.4) is 0 Å². The third-order valence-corrected chi connectivity index (χ3v) is 9.24. The summed E-state index contributed by atoms with van der Waals surface area (Å²) in [5.74, 6) is -0.889. The molecule has 46 heavy (non-hydrogen) atoms. The van der Waals surface area contributed by atoms with Crippen LogP contribution in [0.5, 0.6) is 0 Å². The lowest BCUT2D eigenvalue weighted by Gasteiger charge is -2.49. The highest BCUT2D eigenvalue weighted by atomic mass is 16.7. The van der Waals surface area contributed by atoms with Crippen molar-refractivity contribution >= 4 is 0 Å². The first-order valence-electron chi connectivity index (χ1n) is 15.3. The highest BCUT2D eigenvalue weighted by Crippen LogP contribution is 2.36. The minimum Gasteiger partial charge on any atom is -0.396 e. The molecule has 3 aliphatic heterocycles. The fourth-order valence-corrected chi connectivity index (χ4v) is 6.32. The Morgan fingerprint density at radius 3 is 1.63 bits per heavy atom. The van der Waals surface area contributed by atoms with Gasteiger partial charge >= 0.3 is 0 Å². The fraction of sp³-hybridized carbons (Fsp3) is 1.00. The average Bonchev–Trinajstić information content (AvgIpc) is 3.05. The second-order valence-corrected chi connectivity index (χ2v) is 12.2. The summed E-state index contributed by atoms with van der Waals surface area (Å²) in [6, 6.07) is 0. The Kier molecular flexibility index (Phi) is 13.5. The van der Waals surface area contributed by atoms with E-state index in [0.717, 1.165) is 0 Å². The molecule has 0 aromatic heterocycles. The summed E-state index contributed by atoms with van der Waals surface area (Å²) in [6.07, 6.45) is -29.3. The molecule has 4 fully saturated rings. The van der Waals surface area contributed by atoms with Gasteiger partial charge in [-0.15, -0.1) is 0 Å². The van der Waals surface area contributed by atoms with E-state index in [9.17, 15) is 66.4 Å². The van der Waals surface area contributed by atoms with Crippen LogP contribution in [-0.2, 0) is 28.4 Å². The first-order valence-corrected chi connectivity index (χ1v) is 15.3. The molecule has 3 heterocycles. The molecule has 0 aromatic rings. The Hall–Kier alpha value is -0.760. The van der Waals surface area contributed by atoms with E-state index in [2.05, 4.69) is 0 Å². The monoisotopic (exact) mass is 676 g/mol. The maximum absolute atomic E-state index is 11.1. The van der Waals surface area contributed by atoms with Crippen molar-refractivity contribution in [2.45, 2.75) is 136 Å². The standard InChI is InChI=1S/C27H48O19/c1-2-9-24(25(18(35)12(6-30)42-9)43-10-3-8(4-28)14(31)19(36)15(10)32)46-27-23(40)21(38)17(34)13(45-27)7-41-26-22(39)20(37)16(33)11(5-29)44-26/h8-40H,2-7H2,1H3/t8-,9+,10-,11-,12-,13-,14-,15+,16-,17-,18-,19+,20+,21+,22-,23-,24+,25+,26-,27+/m1/s1. The van der Waals surface area contributed by atoms with E-state index in [0.29, 0.717) is 0 Å². The van der Waals surface area contributed by atoms with Crippen LogP contribution in [0.4, 0.5) is 0 Å². The second-order valence-electron chi connectivity index (χ2n) is 12.2. The molecular weight excluding hydrogens is 628 g/mol. The van der Waals surface area contributed by atoms with Gasteiger partial charge in [0.25, 0.3) is 0 Å². The van der Waals surface area contributed by atoms with Gasteiger partial charge < -0.3 is 94.8 Å². The summed E-state index contributed by atoms with van der Waals surface area (Å²) in [6.45, 7) is -0.871. The molecule has 0 spiro atoms. The largest absolute Gasteiger partial charge is 0.396 e. The van der Waals surface area contributed by atoms with E-state index in [1.165, 1.54) is 0 Å². The zero-order valence-electron chi connectivity index (χ0n) is 25.1. The average molecular weight is 677 g/mol. The Labute approximate surface area is 263 Å². The molecule has 4 aliphatic rings. The van der Waals surface area contributed by atoms with Gasteiger partial charge in [0.05, 0.1) is 38.1 Å². The lowest BCUT2D eigenvalue weighted by molar-refractivity contribution is -0.358. The van der Waals surface area contributed by atoms with Crippen LogP contribution in [-0.4, -0.2) is 209 Å². The van der Waals surface area contributed by atoms with E-state index in [1.807, 2.05) is 0 Å². The van der Waals surface area contributed by atoms with Crippen molar-refractivity contribution in [1.29, 1.82) is 0 Å². The van der Waals surface area contributed by atoms with E-state index < -0.39 is 149 Å². The van der Waals surface area contributed by atoms with Crippen molar-refractivity contribution in [3.63, 3.8) is 0 Å². The first kappa shape index (κ1) is 38.0. The van der Waals surface area contributed by atoms with Crippen molar-refractivity contribution in [2.75, 3.05) is 26.4 Å². The Morgan fingerprint density at radius 1 is 0.500 bits per heavy atom. The van der Waals surface area contributed by atoms with Crippen molar-refractivity contribution in [3.05, 3.63) is 0 Å². The predicted molar refractivity (Wildman–Crippen MR) is 145 cm³/mol. The number of aliphatic hydroxyl groups excluding tert-OH is 13.